The van der Waals surface area contributed by atoms with Crippen LogP contribution in [0.1, 0.15) is 53.9 Å². The SMILES string of the molecule is CC1CC(=O)CC(C)N1C(=O)CC(C)(C)C. The van der Waals surface area contributed by atoms with Gasteiger partial charge in [-0.05, 0) is 19.3 Å². The van der Waals surface area contributed by atoms with Gasteiger partial charge in [-0.1, -0.05) is 20.8 Å². The molecule has 3 heteroatoms. The Hall–Kier alpha value is -0.860. The summed E-state index contributed by atoms with van der Waals surface area (Å²) in [5.74, 6) is 0.458. The molecule has 1 aliphatic heterocycles. The van der Waals surface area contributed by atoms with Crippen LogP contribution in [0.4, 0.5) is 0 Å². The first kappa shape index (κ1) is 13.2. The van der Waals surface area contributed by atoms with Gasteiger partial charge in [0.2, 0.25) is 5.91 Å². The van der Waals surface area contributed by atoms with Gasteiger partial charge < -0.3 is 4.90 Å². The number of carbonyl (C=O) groups is 2. The van der Waals surface area contributed by atoms with Gasteiger partial charge in [-0.2, -0.15) is 0 Å². The van der Waals surface area contributed by atoms with Crippen molar-refractivity contribution < 1.29 is 9.59 Å². The van der Waals surface area contributed by atoms with Gasteiger partial charge in [0, 0.05) is 31.3 Å². The fraction of sp³-hybridized carbons (Fsp3) is 0.846. The summed E-state index contributed by atoms with van der Waals surface area (Å²) in [6, 6.07) is 0.122. The second-order valence-corrected chi connectivity index (χ2v) is 6.18. The number of hydrogen-bond acceptors (Lipinski definition) is 2. The molecule has 0 saturated carbocycles. The lowest BCUT2D eigenvalue weighted by Gasteiger charge is -2.39. The van der Waals surface area contributed by atoms with E-state index in [2.05, 4.69) is 20.8 Å². The number of likely N-dealkylation sites (tertiary alicyclic amines) is 1. The highest BCUT2D eigenvalue weighted by Gasteiger charge is 2.34. The molecule has 1 amide bonds. The monoisotopic (exact) mass is 225 g/mol. The van der Waals surface area contributed by atoms with Gasteiger partial charge in [0.15, 0.2) is 0 Å². The maximum atomic E-state index is 12.2. The molecule has 16 heavy (non-hydrogen) atoms. The maximum Gasteiger partial charge on any atom is 0.223 e. The van der Waals surface area contributed by atoms with Crippen LogP contribution in [0.15, 0.2) is 0 Å². The number of ketones is 1. The summed E-state index contributed by atoms with van der Waals surface area (Å²) in [6.07, 6.45) is 1.58. The van der Waals surface area contributed by atoms with Crippen molar-refractivity contribution in [2.75, 3.05) is 0 Å². The first-order chi connectivity index (χ1) is 7.20. The molecule has 1 fully saturated rings. The number of Topliss-reactive ketones (excluding diaryl/α,β-unsaturated/α-hetero) is 1. The molecule has 1 saturated heterocycles. The lowest BCUT2D eigenvalue weighted by Crippen LogP contribution is -2.50. The van der Waals surface area contributed by atoms with E-state index in [-0.39, 0.29) is 29.2 Å². The van der Waals surface area contributed by atoms with Crippen LogP contribution in [0.5, 0.6) is 0 Å². The largest absolute Gasteiger partial charge is 0.336 e. The van der Waals surface area contributed by atoms with E-state index in [1.165, 1.54) is 0 Å². The number of piperidine rings is 1. The summed E-state index contributed by atoms with van der Waals surface area (Å²) >= 11 is 0. The molecule has 0 radical (unpaired) electrons. The van der Waals surface area contributed by atoms with Crippen molar-refractivity contribution in [3.63, 3.8) is 0 Å². The third kappa shape index (κ3) is 3.32. The summed E-state index contributed by atoms with van der Waals surface area (Å²) < 4.78 is 0. The van der Waals surface area contributed by atoms with Crippen molar-refractivity contribution in [3.05, 3.63) is 0 Å². The summed E-state index contributed by atoms with van der Waals surface area (Å²) in [5, 5.41) is 0. The Kier molecular flexibility index (Phi) is 3.76. The Bertz CT molecular complexity index is 277. The second kappa shape index (κ2) is 4.56. The summed E-state index contributed by atoms with van der Waals surface area (Å²) in [5.41, 5.74) is 0.0119. The van der Waals surface area contributed by atoms with E-state index in [4.69, 9.17) is 0 Å². The van der Waals surface area contributed by atoms with E-state index >= 15 is 0 Å². The smallest absolute Gasteiger partial charge is 0.223 e. The van der Waals surface area contributed by atoms with Crippen molar-refractivity contribution in [1.82, 2.24) is 4.90 Å². The minimum Gasteiger partial charge on any atom is -0.336 e. The Morgan fingerprint density at radius 3 is 2.06 bits per heavy atom. The Morgan fingerprint density at radius 2 is 1.69 bits per heavy atom. The highest BCUT2D eigenvalue weighted by atomic mass is 16.2. The van der Waals surface area contributed by atoms with Crippen molar-refractivity contribution >= 4 is 11.7 Å². The average Bonchev–Trinajstić information content (AvgIpc) is 1.96. The Balaban J connectivity index is 2.71. The van der Waals surface area contributed by atoms with E-state index in [0.717, 1.165) is 0 Å². The highest BCUT2D eigenvalue weighted by molar-refractivity contribution is 5.85. The van der Waals surface area contributed by atoms with Crippen molar-refractivity contribution in [2.24, 2.45) is 5.41 Å². The quantitative estimate of drug-likeness (QED) is 0.687. The Labute approximate surface area is 98.2 Å². The van der Waals surface area contributed by atoms with Gasteiger partial charge in [-0.25, -0.2) is 0 Å². The summed E-state index contributed by atoms with van der Waals surface area (Å²) in [7, 11) is 0. The van der Waals surface area contributed by atoms with Gasteiger partial charge in [0.05, 0.1) is 0 Å². The molecule has 2 atom stereocenters. The first-order valence-corrected chi connectivity index (χ1v) is 6.03. The third-order valence-electron chi connectivity index (χ3n) is 2.97. The average molecular weight is 225 g/mol. The molecule has 1 heterocycles. The van der Waals surface area contributed by atoms with Crippen LogP contribution >= 0.6 is 0 Å². The zero-order chi connectivity index (χ0) is 12.5. The Morgan fingerprint density at radius 1 is 1.25 bits per heavy atom. The summed E-state index contributed by atoms with van der Waals surface area (Å²) in [4.78, 5) is 25.5. The number of rotatable bonds is 1. The van der Waals surface area contributed by atoms with Crippen LogP contribution in [0.2, 0.25) is 0 Å². The van der Waals surface area contributed by atoms with Gasteiger partial charge in [0.1, 0.15) is 5.78 Å². The molecular formula is C13H23NO2. The molecule has 0 bridgehead atoms. The van der Waals surface area contributed by atoms with Crippen LogP contribution in [0, 0.1) is 5.41 Å². The molecule has 0 aromatic heterocycles. The maximum absolute atomic E-state index is 12.2. The van der Waals surface area contributed by atoms with Gasteiger partial charge in [0.25, 0.3) is 0 Å². The minimum atomic E-state index is 0.0119. The van der Waals surface area contributed by atoms with Crippen LogP contribution in [0.25, 0.3) is 0 Å². The number of nitrogens with zero attached hydrogens (tertiary/aromatic N) is 1. The predicted molar refractivity (Wildman–Crippen MR) is 64.1 cm³/mol. The molecule has 0 aliphatic carbocycles. The van der Waals surface area contributed by atoms with E-state index in [9.17, 15) is 9.59 Å². The zero-order valence-electron chi connectivity index (χ0n) is 11.0. The lowest BCUT2D eigenvalue weighted by atomic mass is 9.89. The van der Waals surface area contributed by atoms with Crippen LogP contribution in [-0.4, -0.2) is 28.7 Å². The van der Waals surface area contributed by atoms with Gasteiger partial charge in [-0.3, -0.25) is 9.59 Å². The molecule has 0 N–H and O–H groups in total. The van der Waals surface area contributed by atoms with Crippen molar-refractivity contribution in [3.8, 4) is 0 Å². The standard InChI is InChI=1S/C13H23NO2/c1-9-6-11(15)7-10(2)14(9)12(16)8-13(3,4)5/h9-10H,6-8H2,1-5H3. The van der Waals surface area contributed by atoms with E-state index in [1.54, 1.807) is 0 Å². The third-order valence-corrected chi connectivity index (χ3v) is 2.97. The molecule has 3 nitrogen and oxygen atoms in total. The molecule has 2 unspecified atom stereocenters. The molecule has 0 aromatic carbocycles. The van der Waals surface area contributed by atoms with Crippen LogP contribution in [0.3, 0.4) is 0 Å². The minimum absolute atomic E-state index is 0.0119. The fourth-order valence-electron chi connectivity index (χ4n) is 2.41. The fourth-order valence-corrected chi connectivity index (χ4v) is 2.41. The van der Waals surface area contributed by atoms with Gasteiger partial charge >= 0.3 is 0 Å². The molecule has 0 spiro atoms. The van der Waals surface area contributed by atoms with E-state index in [0.29, 0.717) is 19.3 Å². The van der Waals surface area contributed by atoms with Crippen molar-refractivity contribution in [1.29, 1.82) is 0 Å². The van der Waals surface area contributed by atoms with E-state index < -0.39 is 0 Å². The van der Waals surface area contributed by atoms with Gasteiger partial charge in [-0.15, -0.1) is 0 Å². The molecule has 1 rings (SSSR count). The topological polar surface area (TPSA) is 37.4 Å². The van der Waals surface area contributed by atoms with Crippen molar-refractivity contribution in [2.45, 2.75) is 66.0 Å². The number of hydrogen-bond donors (Lipinski definition) is 0. The van der Waals surface area contributed by atoms with E-state index in [1.807, 2.05) is 18.7 Å². The molecular weight excluding hydrogens is 202 g/mol. The predicted octanol–water partition coefficient (Wildman–Crippen LogP) is 2.39. The molecule has 1 aliphatic rings. The normalized spacial score (nSPS) is 27.1. The molecule has 0 aromatic rings. The highest BCUT2D eigenvalue weighted by Crippen LogP contribution is 2.26. The van der Waals surface area contributed by atoms with Crippen LogP contribution in [-0.2, 0) is 9.59 Å². The number of amides is 1. The molecule has 92 valence electrons. The lowest BCUT2D eigenvalue weighted by molar-refractivity contribution is -0.142. The summed E-state index contributed by atoms with van der Waals surface area (Å²) in [6.45, 7) is 10.1. The number of carbonyl (C=O) groups excluding carboxylic acids is 2. The zero-order valence-corrected chi connectivity index (χ0v) is 11.0. The first-order valence-electron chi connectivity index (χ1n) is 6.03. The second-order valence-electron chi connectivity index (χ2n) is 6.18. The van der Waals surface area contributed by atoms with Crippen LogP contribution < -0.4 is 0 Å².